The van der Waals surface area contributed by atoms with Crippen LogP contribution in [-0.2, 0) is 17.8 Å². The third-order valence-electron chi connectivity index (χ3n) is 2.68. The third-order valence-corrected chi connectivity index (χ3v) is 2.68. The molecule has 0 saturated carbocycles. The van der Waals surface area contributed by atoms with Gasteiger partial charge >= 0.3 is 6.09 Å². The van der Waals surface area contributed by atoms with Crippen molar-refractivity contribution in [2.75, 3.05) is 6.54 Å². The largest absolute Gasteiger partial charge is 0.444 e. The number of nitrogens with one attached hydrogen (secondary N) is 2. The van der Waals surface area contributed by atoms with Gasteiger partial charge in [-0.15, -0.1) is 0 Å². The summed E-state index contributed by atoms with van der Waals surface area (Å²) in [6.07, 6.45) is 0.729. The van der Waals surface area contributed by atoms with Crippen molar-refractivity contribution < 1.29 is 9.53 Å². The smallest absolute Gasteiger partial charge is 0.407 e. The predicted octanol–water partition coefficient (Wildman–Crippen LogP) is 3.21. The van der Waals surface area contributed by atoms with E-state index in [4.69, 9.17) is 4.74 Å². The van der Waals surface area contributed by atoms with Crippen molar-refractivity contribution in [2.45, 2.75) is 52.8 Å². The number of benzene rings is 1. The van der Waals surface area contributed by atoms with Crippen LogP contribution < -0.4 is 10.6 Å². The lowest BCUT2D eigenvalue weighted by Gasteiger charge is -2.20. The van der Waals surface area contributed by atoms with Gasteiger partial charge in [0.1, 0.15) is 5.60 Å². The minimum absolute atomic E-state index is 0.381. The van der Waals surface area contributed by atoms with E-state index < -0.39 is 5.60 Å². The molecule has 0 heterocycles. The summed E-state index contributed by atoms with van der Waals surface area (Å²) in [5.74, 6) is 0. The Morgan fingerprint density at radius 3 is 2.30 bits per heavy atom. The molecule has 0 spiro atoms. The first-order valence-corrected chi connectivity index (χ1v) is 7.16. The Balaban J connectivity index is 2.52. The number of hydrogen-bond donors (Lipinski definition) is 2. The zero-order chi connectivity index (χ0) is 15.0. The van der Waals surface area contributed by atoms with E-state index >= 15 is 0 Å². The quantitative estimate of drug-likeness (QED) is 0.786. The molecule has 1 rings (SSSR count). The van der Waals surface area contributed by atoms with Crippen LogP contribution in [0.2, 0.25) is 0 Å². The van der Waals surface area contributed by atoms with Crippen LogP contribution in [0.4, 0.5) is 4.79 Å². The summed E-state index contributed by atoms with van der Waals surface area (Å²) in [5.41, 5.74) is 1.85. The van der Waals surface area contributed by atoms with Crippen molar-refractivity contribution in [3.05, 3.63) is 35.4 Å². The molecule has 4 nitrogen and oxygen atoms in total. The Morgan fingerprint density at radius 1 is 1.15 bits per heavy atom. The molecular weight excluding hydrogens is 252 g/mol. The molecule has 1 aromatic carbocycles. The van der Waals surface area contributed by atoms with Gasteiger partial charge in [0.15, 0.2) is 0 Å². The van der Waals surface area contributed by atoms with Gasteiger partial charge < -0.3 is 15.4 Å². The molecule has 1 amide bonds. The predicted molar refractivity (Wildman–Crippen MR) is 81.5 cm³/mol. The van der Waals surface area contributed by atoms with E-state index in [9.17, 15) is 4.79 Å². The summed E-state index contributed by atoms with van der Waals surface area (Å²) < 4.78 is 5.23. The Labute approximate surface area is 121 Å². The first-order valence-electron chi connectivity index (χ1n) is 7.16. The van der Waals surface area contributed by atoms with Gasteiger partial charge in [-0.3, -0.25) is 0 Å². The summed E-state index contributed by atoms with van der Waals surface area (Å²) >= 11 is 0. The van der Waals surface area contributed by atoms with Crippen LogP contribution in [0.5, 0.6) is 0 Å². The van der Waals surface area contributed by atoms with Crippen LogP contribution in [-0.4, -0.2) is 18.2 Å². The minimum Gasteiger partial charge on any atom is -0.444 e. The topological polar surface area (TPSA) is 50.4 Å². The highest BCUT2D eigenvalue weighted by molar-refractivity contribution is 5.67. The van der Waals surface area contributed by atoms with Gasteiger partial charge in [0.05, 0.1) is 0 Å². The average Bonchev–Trinajstić information content (AvgIpc) is 2.36. The number of ether oxygens (including phenoxy) is 1. The molecule has 0 unspecified atom stereocenters. The second kappa shape index (κ2) is 7.90. The van der Waals surface area contributed by atoms with Crippen molar-refractivity contribution in [3.63, 3.8) is 0 Å². The molecule has 4 heteroatoms. The van der Waals surface area contributed by atoms with Gasteiger partial charge in [0, 0.05) is 13.1 Å². The van der Waals surface area contributed by atoms with Crippen LogP contribution in [0.3, 0.4) is 0 Å². The Morgan fingerprint density at radius 2 is 1.75 bits per heavy atom. The highest BCUT2D eigenvalue weighted by Gasteiger charge is 2.15. The third kappa shape index (κ3) is 6.57. The summed E-state index contributed by atoms with van der Waals surface area (Å²) in [4.78, 5) is 11.7. The summed E-state index contributed by atoms with van der Waals surface area (Å²) in [6.45, 7) is 10.0. The van der Waals surface area contributed by atoms with Crippen molar-refractivity contribution >= 4 is 6.09 Å². The van der Waals surface area contributed by atoms with Gasteiger partial charge in [-0.25, -0.2) is 4.79 Å². The maximum atomic E-state index is 11.7. The molecule has 1 aromatic rings. The molecule has 0 atom stereocenters. The minimum atomic E-state index is -0.466. The number of amides is 1. The van der Waals surface area contributed by atoms with E-state index in [1.165, 1.54) is 5.56 Å². The van der Waals surface area contributed by atoms with Crippen molar-refractivity contribution in [1.82, 2.24) is 10.6 Å². The average molecular weight is 278 g/mol. The Bertz CT molecular complexity index is 425. The van der Waals surface area contributed by atoms with Gasteiger partial charge in [-0.2, -0.15) is 0 Å². The molecule has 2 N–H and O–H groups in total. The normalized spacial score (nSPS) is 11.2. The fraction of sp³-hybridized carbons (Fsp3) is 0.562. The second-order valence-electron chi connectivity index (χ2n) is 5.80. The second-order valence-corrected chi connectivity index (χ2v) is 5.80. The molecular formula is C16H26N2O2. The SMILES string of the molecule is CCCNCc1ccccc1CNC(=O)OC(C)(C)C. The number of carbonyl (C=O) groups excluding carboxylic acids is 1. The van der Waals surface area contributed by atoms with Crippen LogP contribution in [0.25, 0.3) is 0 Å². The molecule has 0 radical (unpaired) electrons. The van der Waals surface area contributed by atoms with E-state index in [1.54, 1.807) is 0 Å². The molecule has 0 aliphatic heterocycles. The maximum absolute atomic E-state index is 11.7. The van der Waals surface area contributed by atoms with Crippen LogP contribution >= 0.6 is 0 Å². The molecule has 0 aliphatic carbocycles. The van der Waals surface area contributed by atoms with E-state index in [0.29, 0.717) is 6.54 Å². The standard InChI is InChI=1S/C16H26N2O2/c1-5-10-17-11-13-8-6-7-9-14(13)12-18-15(19)20-16(2,3)4/h6-9,17H,5,10-12H2,1-4H3,(H,18,19). The number of carbonyl (C=O) groups is 1. The summed E-state index contributed by atoms with van der Waals surface area (Å²) in [6, 6.07) is 8.10. The zero-order valence-corrected chi connectivity index (χ0v) is 13.0. The number of hydrogen-bond acceptors (Lipinski definition) is 3. The Kier molecular flexibility index (Phi) is 6.52. The fourth-order valence-corrected chi connectivity index (χ4v) is 1.78. The molecule has 112 valence electrons. The lowest BCUT2D eigenvalue weighted by Crippen LogP contribution is -2.32. The zero-order valence-electron chi connectivity index (χ0n) is 13.0. The number of alkyl carbamates (subject to hydrolysis) is 1. The van der Waals surface area contributed by atoms with Crippen molar-refractivity contribution in [3.8, 4) is 0 Å². The maximum Gasteiger partial charge on any atom is 0.407 e. The van der Waals surface area contributed by atoms with Crippen LogP contribution in [0.1, 0.15) is 45.2 Å². The van der Waals surface area contributed by atoms with E-state index in [0.717, 1.165) is 25.1 Å². The molecule has 0 fully saturated rings. The lowest BCUT2D eigenvalue weighted by molar-refractivity contribution is 0.0523. The Hall–Kier alpha value is -1.55. The first kappa shape index (κ1) is 16.5. The highest BCUT2D eigenvalue weighted by atomic mass is 16.6. The molecule has 0 saturated heterocycles. The summed E-state index contributed by atoms with van der Waals surface area (Å²) in [7, 11) is 0. The molecule has 0 aliphatic rings. The monoisotopic (exact) mass is 278 g/mol. The molecule has 20 heavy (non-hydrogen) atoms. The lowest BCUT2D eigenvalue weighted by atomic mass is 10.1. The van der Waals surface area contributed by atoms with E-state index in [2.05, 4.69) is 23.6 Å². The first-order chi connectivity index (χ1) is 9.42. The van der Waals surface area contributed by atoms with Gasteiger partial charge in [-0.05, 0) is 44.9 Å². The van der Waals surface area contributed by atoms with E-state index in [1.807, 2.05) is 39.0 Å². The van der Waals surface area contributed by atoms with Crippen molar-refractivity contribution in [2.24, 2.45) is 0 Å². The van der Waals surface area contributed by atoms with Gasteiger partial charge in [0.25, 0.3) is 0 Å². The van der Waals surface area contributed by atoms with Gasteiger partial charge in [0.2, 0.25) is 0 Å². The highest BCUT2D eigenvalue weighted by Crippen LogP contribution is 2.10. The summed E-state index contributed by atoms with van der Waals surface area (Å²) in [5, 5.41) is 6.17. The molecule has 0 bridgehead atoms. The van der Waals surface area contributed by atoms with Crippen LogP contribution in [0, 0.1) is 0 Å². The fourth-order valence-electron chi connectivity index (χ4n) is 1.78. The van der Waals surface area contributed by atoms with Gasteiger partial charge in [-0.1, -0.05) is 31.2 Å². The molecule has 0 aromatic heterocycles. The number of rotatable bonds is 6. The van der Waals surface area contributed by atoms with Crippen LogP contribution in [0.15, 0.2) is 24.3 Å². The van der Waals surface area contributed by atoms with E-state index in [-0.39, 0.29) is 6.09 Å². The van der Waals surface area contributed by atoms with Crippen molar-refractivity contribution in [1.29, 1.82) is 0 Å².